The van der Waals surface area contributed by atoms with Crippen molar-refractivity contribution >= 4 is 33.3 Å². The maximum Gasteiger partial charge on any atom is 0.235 e. The van der Waals surface area contributed by atoms with Crippen molar-refractivity contribution in [3.63, 3.8) is 0 Å². The molecule has 1 fully saturated rings. The van der Waals surface area contributed by atoms with E-state index in [0.717, 1.165) is 16.2 Å². The van der Waals surface area contributed by atoms with Crippen LogP contribution in [-0.2, 0) is 14.6 Å². The fraction of sp³-hybridized carbons (Fsp3) is 0.412. The van der Waals surface area contributed by atoms with Crippen LogP contribution in [0.3, 0.4) is 0 Å². The number of benzene rings is 1. The lowest BCUT2D eigenvalue weighted by Crippen LogP contribution is -2.20. The molecule has 1 aliphatic heterocycles. The molecule has 0 aliphatic carbocycles. The predicted octanol–water partition coefficient (Wildman–Crippen LogP) is 2.59. The van der Waals surface area contributed by atoms with E-state index in [4.69, 9.17) is 0 Å². The zero-order valence-electron chi connectivity index (χ0n) is 14.2. The first kappa shape index (κ1) is 18.0. The molecule has 1 aromatic heterocycles. The molecular formula is C17H21N3O3S2. The Morgan fingerprint density at radius 2 is 2.16 bits per heavy atom. The summed E-state index contributed by atoms with van der Waals surface area (Å²) in [6, 6.07) is 9.56. The van der Waals surface area contributed by atoms with E-state index >= 15 is 0 Å². The number of hydrogen-bond acceptors (Lipinski definition) is 5. The molecule has 0 bridgehead atoms. The lowest BCUT2D eigenvalue weighted by molar-refractivity contribution is -0.113. The fourth-order valence-electron chi connectivity index (χ4n) is 2.89. The first-order chi connectivity index (χ1) is 11.8. The molecule has 1 amide bonds. The van der Waals surface area contributed by atoms with Crippen LogP contribution in [0.5, 0.6) is 0 Å². The SMILES string of the molecule is Cc1cccc(SCC(=O)Nc2cc(C)nn2C2CCS(=O)(=O)C2)c1. The standard InChI is InChI=1S/C17H21N3O3S2/c1-12-4-3-5-15(8-12)24-10-17(21)18-16-9-13(2)19-20(16)14-6-7-25(22,23)11-14/h3-5,8-9,14H,6-7,10-11H2,1-2H3,(H,18,21). The molecule has 1 N–H and O–H groups in total. The Kier molecular flexibility index (Phi) is 5.19. The Balaban J connectivity index is 1.65. The normalized spacial score (nSPS) is 19.0. The van der Waals surface area contributed by atoms with Gasteiger partial charge in [0.2, 0.25) is 5.91 Å². The van der Waals surface area contributed by atoms with Gasteiger partial charge in [-0.05, 0) is 32.4 Å². The Labute approximate surface area is 151 Å². The second-order valence-corrected chi connectivity index (χ2v) is 9.60. The molecular weight excluding hydrogens is 358 g/mol. The number of sulfone groups is 1. The van der Waals surface area contributed by atoms with Crippen LogP contribution in [0.1, 0.15) is 23.7 Å². The van der Waals surface area contributed by atoms with Gasteiger partial charge in [0.15, 0.2) is 9.84 Å². The van der Waals surface area contributed by atoms with Crippen LogP contribution in [0.2, 0.25) is 0 Å². The van der Waals surface area contributed by atoms with Gasteiger partial charge in [0.25, 0.3) is 0 Å². The molecule has 2 heterocycles. The quantitative estimate of drug-likeness (QED) is 0.808. The van der Waals surface area contributed by atoms with Crippen molar-refractivity contribution in [1.82, 2.24) is 9.78 Å². The third kappa shape index (κ3) is 4.64. The highest BCUT2D eigenvalue weighted by Gasteiger charge is 2.31. The molecule has 3 rings (SSSR count). The van der Waals surface area contributed by atoms with Crippen LogP contribution in [0.4, 0.5) is 5.82 Å². The van der Waals surface area contributed by atoms with Gasteiger partial charge < -0.3 is 5.32 Å². The highest BCUT2D eigenvalue weighted by Crippen LogP contribution is 2.27. The van der Waals surface area contributed by atoms with E-state index in [1.807, 2.05) is 38.1 Å². The van der Waals surface area contributed by atoms with Gasteiger partial charge in [-0.3, -0.25) is 4.79 Å². The number of nitrogens with one attached hydrogen (secondary N) is 1. The van der Waals surface area contributed by atoms with Crippen LogP contribution in [0, 0.1) is 13.8 Å². The van der Waals surface area contributed by atoms with Crippen LogP contribution in [-0.4, -0.2) is 41.4 Å². The molecule has 1 atom stereocenters. The third-order valence-corrected chi connectivity index (χ3v) is 6.78. The number of aryl methyl sites for hydroxylation is 2. The summed E-state index contributed by atoms with van der Waals surface area (Å²) in [5.74, 6) is 0.974. The summed E-state index contributed by atoms with van der Waals surface area (Å²) < 4.78 is 25.1. The number of anilines is 1. The van der Waals surface area contributed by atoms with Gasteiger partial charge in [0.05, 0.1) is 29.0 Å². The zero-order valence-corrected chi connectivity index (χ0v) is 15.9. The van der Waals surface area contributed by atoms with Crippen molar-refractivity contribution < 1.29 is 13.2 Å². The number of nitrogens with zero attached hydrogens (tertiary/aromatic N) is 2. The average molecular weight is 380 g/mol. The molecule has 0 saturated carbocycles. The van der Waals surface area contributed by atoms with Crippen LogP contribution < -0.4 is 5.32 Å². The number of rotatable bonds is 5. The van der Waals surface area contributed by atoms with Crippen molar-refractivity contribution in [1.29, 1.82) is 0 Å². The number of hydrogen-bond donors (Lipinski definition) is 1. The summed E-state index contributed by atoms with van der Waals surface area (Å²) in [4.78, 5) is 13.3. The first-order valence-electron chi connectivity index (χ1n) is 8.08. The molecule has 25 heavy (non-hydrogen) atoms. The maximum atomic E-state index is 12.3. The zero-order chi connectivity index (χ0) is 18.0. The van der Waals surface area contributed by atoms with Crippen molar-refractivity contribution in [2.24, 2.45) is 0 Å². The van der Waals surface area contributed by atoms with Gasteiger partial charge in [-0.15, -0.1) is 11.8 Å². The summed E-state index contributed by atoms with van der Waals surface area (Å²) in [6.07, 6.45) is 0.532. The van der Waals surface area contributed by atoms with E-state index in [9.17, 15) is 13.2 Å². The largest absolute Gasteiger partial charge is 0.310 e. The minimum absolute atomic E-state index is 0.0784. The predicted molar refractivity (Wildman–Crippen MR) is 99.8 cm³/mol. The second kappa shape index (κ2) is 7.21. The Bertz CT molecular complexity index is 890. The van der Waals surface area contributed by atoms with Gasteiger partial charge >= 0.3 is 0 Å². The lowest BCUT2D eigenvalue weighted by Gasteiger charge is -2.13. The average Bonchev–Trinajstić information content (AvgIpc) is 3.07. The van der Waals surface area contributed by atoms with Crippen molar-refractivity contribution in [3.05, 3.63) is 41.6 Å². The number of aromatic nitrogens is 2. The number of carbonyl (C=O) groups is 1. The minimum Gasteiger partial charge on any atom is -0.310 e. The smallest absolute Gasteiger partial charge is 0.235 e. The van der Waals surface area contributed by atoms with E-state index in [2.05, 4.69) is 10.4 Å². The fourth-order valence-corrected chi connectivity index (χ4v) is 5.40. The highest BCUT2D eigenvalue weighted by atomic mass is 32.2. The van der Waals surface area contributed by atoms with E-state index in [-0.39, 0.29) is 29.2 Å². The lowest BCUT2D eigenvalue weighted by atomic mass is 10.2. The highest BCUT2D eigenvalue weighted by molar-refractivity contribution is 8.00. The minimum atomic E-state index is -3.01. The van der Waals surface area contributed by atoms with Crippen molar-refractivity contribution in [2.75, 3.05) is 22.6 Å². The molecule has 1 unspecified atom stereocenters. The second-order valence-electron chi connectivity index (χ2n) is 6.33. The van der Waals surface area contributed by atoms with Gasteiger partial charge in [0, 0.05) is 11.0 Å². The van der Waals surface area contributed by atoms with E-state index < -0.39 is 9.84 Å². The topological polar surface area (TPSA) is 81.1 Å². The van der Waals surface area contributed by atoms with Gasteiger partial charge in [-0.1, -0.05) is 17.7 Å². The van der Waals surface area contributed by atoms with Gasteiger partial charge in [-0.2, -0.15) is 5.10 Å². The van der Waals surface area contributed by atoms with E-state index in [0.29, 0.717) is 12.2 Å². The molecule has 1 aliphatic rings. The van der Waals surface area contributed by atoms with E-state index in [1.54, 1.807) is 10.7 Å². The maximum absolute atomic E-state index is 12.3. The third-order valence-electron chi connectivity index (χ3n) is 4.04. The molecule has 0 spiro atoms. The molecule has 0 radical (unpaired) electrons. The van der Waals surface area contributed by atoms with Crippen molar-refractivity contribution in [3.8, 4) is 0 Å². The van der Waals surface area contributed by atoms with Crippen molar-refractivity contribution in [2.45, 2.75) is 31.2 Å². The Morgan fingerprint density at radius 3 is 2.84 bits per heavy atom. The van der Waals surface area contributed by atoms with Crippen LogP contribution in [0.25, 0.3) is 0 Å². The monoisotopic (exact) mass is 379 g/mol. The van der Waals surface area contributed by atoms with Gasteiger partial charge in [0.1, 0.15) is 5.82 Å². The van der Waals surface area contributed by atoms with Crippen LogP contribution >= 0.6 is 11.8 Å². The number of amides is 1. The first-order valence-corrected chi connectivity index (χ1v) is 10.9. The Hall–Kier alpha value is -1.80. The number of thioether (sulfide) groups is 1. The molecule has 6 nitrogen and oxygen atoms in total. The summed E-state index contributed by atoms with van der Waals surface area (Å²) >= 11 is 1.47. The van der Waals surface area contributed by atoms with Crippen LogP contribution in [0.15, 0.2) is 35.2 Å². The molecule has 1 aromatic carbocycles. The summed E-state index contributed by atoms with van der Waals surface area (Å²) in [5.41, 5.74) is 1.91. The van der Waals surface area contributed by atoms with Gasteiger partial charge in [-0.25, -0.2) is 13.1 Å². The molecule has 1 saturated heterocycles. The molecule has 134 valence electrons. The Morgan fingerprint density at radius 1 is 1.36 bits per heavy atom. The molecule has 2 aromatic rings. The number of carbonyl (C=O) groups excluding carboxylic acids is 1. The summed E-state index contributed by atoms with van der Waals surface area (Å²) in [7, 11) is -3.01. The van der Waals surface area contributed by atoms with E-state index in [1.165, 1.54) is 11.8 Å². The summed E-state index contributed by atoms with van der Waals surface area (Å²) in [6.45, 7) is 3.85. The molecule has 8 heteroatoms. The summed E-state index contributed by atoms with van der Waals surface area (Å²) in [5, 5.41) is 7.24.